The minimum Gasteiger partial charge on any atom is -0.493 e. The van der Waals surface area contributed by atoms with E-state index in [1.165, 1.54) is 0 Å². The van der Waals surface area contributed by atoms with Crippen LogP contribution in [0.3, 0.4) is 0 Å². The van der Waals surface area contributed by atoms with Crippen LogP contribution in [-0.2, 0) is 16.1 Å². The van der Waals surface area contributed by atoms with Crippen LogP contribution in [0.15, 0.2) is 48.8 Å². The number of carbonyl (C=O) groups excluding carboxylic acids is 2. The van der Waals surface area contributed by atoms with Crippen molar-refractivity contribution in [2.75, 3.05) is 19.7 Å². The average molecular weight is 342 g/mol. The summed E-state index contributed by atoms with van der Waals surface area (Å²) in [6, 6.07) is 11.2. The SMILES string of the molecule is NC(=O)[C@@H]1CN(C(=O)CCn2cccn2)C[C@H]1COc1ccccc1. The fourth-order valence-corrected chi connectivity index (χ4v) is 3.09. The van der Waals surface area contributed by atoms with Gasteiger partial charge in [0.15, 0.2) is 0 Å². The Bertz CT molecular complexity index is 702. The Morgan fingerprint density at radius 3 is 2.68 bits per heavy atom. The molecule has 0 bridgehead atoms. The highest BCUT2D eigenvalue weighted by Crippen LogP contribution is 2.25. The lowest BCUT2D eigenvalue weighted by atomic mass is 9.96. The maximum absolute atomic E-state index is 12.4. The molecule has 1 fully saturated rings. The summed E-state index contributed by atoms with van der Waals surface area (Å²) in [4.78, 5) is 25.9. The molecule has 2 atom stereocenters. The molecule has 0 unspecified atom stereocenters. The van der Waals surface area contributed by atoms with Crippen molar-refractivity contribution in [3.8, 4) is 5.75 Å². The Kier molecular flexibility index (Phi) is 5.33. The quantitative estimate of drug-likeness (QED) is 0.810. The number of hydrogen-bond donors (Lipinski definition) is 1. The van der Waals surface area contributed by atoms with Gasteiger partial charge in [0.25, 0.3) is 0 Å². The maximum Gasteiger partial charge on any atom is 0.224 e. The second-order valence-electron chi connectivity index (χ2n) is 6.21. The van der Waals surface area contributed by atoms with E-state index in [9.17, 15) is 9.59 Å². The van der Waals surface area contributed by atoms with Gasteiger partial charge in [0.05, 0.1) is 12.5 Å². The lowest BCUT2D eigenvalue weighted by molar-refractivity contribution is -0.130. The first kappa shape index (κ1) is 17.0. The van der Waals surface area contributed by atoms with Crippen LogP contribution in [-0.4, -0.2) is 46.2 Å². The molecule has 1 aromatic carbocycles. The van der Waals surface area contributed by atoms with E-state index in [0.29, 0.717) is 32.7 Å². The third-order valence-corrected chi connectivity index (χ3v) is 4.48. The largest absolute Gasteiger partial charge is 0.493 e. The number of rotatable bonds is 7. The first-order valence-electron chi connectivity index (χ1n) is 8.36. The zero-order valence-electron chi connectivity index (χ0n) is 14.0. The third-order valence-electron chi connectivity index (χ3n) is 4.48. The van der Waals surface area contributed by atoms with Crippen LogP contribution in [0.2, 0.25) is 0 Å². The minimum atomic E-state index is -0.385. The zero-order chi connectivity index (χ0) is 17.6. The average Bonchev–Trinajstić information content (AvgIpc) is 3.28. The van der Waals surface area contributed by atoms with Crippen molar-refractivity contribution in [1.82, 2.24) is 14.7 Å². The van der Waals surface area contributed by atoms with E-state index in [-0.39, 0.29) is 23.7 Å². The van der Waals surface area contributed by atoms with Gasteiger partial charge in [-0.2, -0.15) is 5.10 Å². The lowest BCUT2D eigenvalue weighted by Crippen LogP contribution is -2.33. The molecule has 0 spiro atoms. The summed E-state index contributed by atoms with van der Waals surface area (Å²) >= 11 is 0. The summed E-state index contributed by atoms with van der Waals surface area (Å²) in [5.41, 5.74) is 5.52. The van der Waals surface area contributed by atoms with Gasteiger partial charge in [-0.05, 0) is 18.2 Å². The predicted molar refractivity (Wildman–Crippen MR) is 91.5 cm³/mol. The molecule has 2 aromatic rings. The number of primary amides is 1. The maximum atomic E-state index is 12.4. The normalized spacial score (nSPS) is 19.8. The van der Waals surface area contributed by atoms with Crippen molar-refractivity contribution in [3.63, 3.8) is 0 Å². The Morgan fingerprint density at radius 2 is 2.00 bits per heavy atom. The summed E-state index contributed by atoms with van der Waals surface area (Å²) in [6.45, 7) is 1.73. The van der Waals surface area contributed by atoms with Gasteiger partial charge in [-0.1, -0.05) is 18.2 Å². The Labute approximate surface area is 146 Å². The molecule has 132 valence electrons. The first-order valence-corrected chi connectivity index (χ1v) is 8.36. The molecule has 0 radical (unpaired) electrons. The van der Waals surface area contributed by atoms with Crippen molar-refractivity contribution in [2.45, 2.75) is 13.0 Å². The van der Waals surface area contributed by atoms with Gasteiger partial charge in [-0.3, -0.25) is 14.3 Å². The molecule has 7 nitrogen and oxygen atoms in total. The van der Waals surface area contributed by atoms with E-state index < -0.39 is 0 Å². The molecule has 0 aliphatic carbocycles. The third kappa shape index (κ3) is 4.37. The number of para-hydroxylation sites is 1. The predicted octanol–water partition coefficient (Wildman–Crippen LogP) is 0.912. The van der Waals surface area contributed by atoms with E-state index in [4.69, 9.17) is 10.5 Å². The zero-order valence-corrected chi connectivity index (χ0v) is 14.0. The fraction of sp³-hybridized carbons (Fsp3) is 0.389. The van der Waals surface area contributed by atoms with Crippen LogP contribution in [0.4, 0.5) is 0 Å². The molecule has 2 N–H and O–H groups in total. The van der Waals surface area contributed by atoms with Crippen molar-refractivity contribution in [2.24, 2.45) is 17.6 Å². The summed E-state index contributed by atoms with van der Waals surface area (Å²) in [7, 11) is 0. The van der Waals surface area contributed by atoms with Gasteiger partial charge in [-0.25, -0.2) is 0 Å². The van der Waals surface area contributed by atoms with E-state index in [1.807, 2.05) is 42.6 Å². The highest BCUT2D eigenvalue weighted by molar-refractivity contribution is 5.81. The van der Waals surface area contributed by atoms with E-state index in [1.54, 1.807) is 15.8 Å². The molecular formula is C18H22N4O3. The highest BCUT2D eigenvalue weighted by Gasteiger charge is 2.38. The second kappa shape index (κ2) is 7.83. The van der Waals surface area contributed by atoms with Crippen LogP contribution in [0.25, 0.3) is 0 Å². The molecule has 0 saturated carbocycles. The van der Waals surface area contributed by atoms with E-state index in [2.05, 4.69) is 5.10 Å². The van der Waals surface area contributed by atoms with Gasteiger partial charge in [0, 0.05) is 44.4 Å². The van der Waals surface area contributed by atoms with Gasteiger partial charge >= 0.3 is 0 Å². The van der Waals surface area contributed by atoms with Gasteiger partial charge in [0.1, 0.15) is 5.75 Å². The Hall–Kier alpha value is -2.83. The number of amides is 2. The molecular weight excluding hydrogens is 320 g/mol. The number of aromatic nitrogens is 2. The van der Waals surface area contributed by atoms with Gasteiger partial charge in [-0.15, -0.1) is 0 Å². The van der Waals surface area contributed by atoms with Crippen molar-refractivity contribution >= 4 is 11.8 Å². The van der Waals surface area contributed by atoms with Crippen LogP contribution in [0.5, 0.6) is 5.75 Å². The van der Waals surface area contributed by atoms with Gasteiger partial charge in [0.2, 0.25) is 11.8 Å². The molecule has 1 aromatic heterocycles. The number of hydrogen-bond acceptors (Lipinski definition) is 4. The van der Waals surface area contributed by atoms with Crippen LogP contribution >= 0.6 is 0 Å². The molecule has 3 rings (SSSR count). The molecule has 7 heteroatoms. The minimum absolute atomic E-state index is 0.00367. The number of carbonyl (C=O) groups is 2. The summed E-state index contributed by atoms with van der Waals surface area (Å²) in [5.74, 6) is -0.106. The van der Waals surface area contributed by atoms with Crippen molar-refractivity contribution < 1.29 is 14.3 Å². The number of ether oxygens (including phenoxy) is 1. The topological polar surface area (TPSA) is 90.5 Å². The standard InChI is InChI=1S/C18H22N4O3/c19-18(24)16-12-21(17(23)7-10-22-9-4-8-20-22)11-14(16)13-25-15-5-2-1-3-6-15/h1-6,8-9,14,16H,7,10-13H2,(H2,19,24)/t14-,16+/m0/s1. The summed E-state index contributed by atoms with van der Waals surface area (Å²) < 4.78 is 7.48. The summed E-state index contributed by atoms with van der Waals surface area (Å²) in [6.07, 6.45) is 3.85. The molecule has 2 heterocycles. The van der Waals surface area contributed by atoms with E-state index >= 15 is 0 Å². The van der Waals surface area contributed by atoms with Gasteiger partial charge < -0.3 is 15.4 Å². The fourth-order valence-electron chi connectivity index (χ4n) is 3.09. The molecule has 1 aliphatic rings. The van der Waals surface area contributed by atoms with E-state index in [0.717, 1.165) is 5.75 Å². The first-order chi connectivity index (χ1) is 12.1. The lowest BCUT2D eigenvalue weighted by Gasteiger charge is -2.17. The number of likely N-dealkylation sites (tertiary alicyclic amines) is 1. The van der Waals surface area contributed by atoms with Crippen molar-refractivity contribution in [3.05, 3.63) is 48.8 Å². The molecule has 1 saturated heterocycles. The smallest absolute Gasteiger partial charge is 0.224 e. The van der Waals surface area contributed by atoms with Crippen LogP contribution in [0.1, 0.15) is 6.42 Å². The Balaban J connectivity index is 1.55. The molecule has 1 aliphatic heterocycles. The highest BCUT2D eigenvalue weighted by atomic mass is 16.5. The number of aryl methyl sites for hydroxylation is 1. The number of nitrogens with two attached hydrogens (primary N) is 1. The van der Waals surface area contributed by atoms with Crippen LogP contribution in [0, 0.1) is 11.8 Å². The molecule has 25 heavy (non-hydrogen) atoms. The Morgan fingerprint density at radius 1 is 1.20 bits per heavy atom. The monoisotopic (exact) mass is 342 g/mol. The number of benzene rings is 1. The van der Waals surface area contributed by atoms with Crippen LogP contribution < -0.4 is 10.5 Å². The second-order valence-corrected chi connectivity index (χ2v) is 6.21. The summed E-state index contributed by atoms with van der Waals surface area (Å²) in [5, 5.41) is 4.09. The molecule has 2 amide bonds. The number of nitrogens with zero attached hydrogens (tertiary/aromatic N) is 3. The van der Waals surface area contributed by atoms with Crippen molar-refractivity contribution in [1.29, 1.82) is 0 Å².